The number of rotatable bonds is 3. The third kappa shape index (κ3) is 3.55. The number of hydrogen-bond acceptors (Lipinski definition) is 2. The van der Waals surface area contributed by atoms with Crippen LogP contribution in [0.5, 0.6) is 0 Å². The first-order valence-electron chi connectivity index (χ1n) is 15.6. The number of hydrogen-bond donors (Lipinski definition) is 0. The van der Waals surface area contributed by atoms with Crippen LogP contribution in [-0.4, -0.2) is 19.1 Å². The van der Waals surface area contributed by atoms with E-state index < -0.39 is 0 Å². The molecule has 0 saturated carbocycles. The maximum absolute atomic E-state index is 5.34. The van der Waals surface area contributed by atoms with Crippen molar-refractivity contribution in [2.45, 2.75) is 0 Å². The monoisotopic (exact) mass is 586 g/mol. The van der Waals surface area contributed by atoms with Gasteiger partial charge in [0.15, 0.2) is 0 Å². The van der Waals surface area contributed by atoms with E-state index in [0.717, 1.165) is 38.9 Å². The van der Waals surface area contributed by atoms with E-state index in [1.54, 1.807) is 0 Å². The number of fused-ring (bicyclic) bond motifs is 9. The maximum atomic E-state index is 5.34. The summed E-state index contributed by atoms with van der Waals surface area (Å²) in [6.45, 7) is 0. The van der Waals surface area contributed by atoms with Gasteiger partial charge in [-0.25, -0.2) is 9.97 Å². The van der Waals surface area contributed by atoms with Crippen molar-refractivity contribution in [1.82, 2.24) is 19.1 Å². The van der Waals surface area contributed by atoms with Crippen molar-refractivity contribution >= 4 is 65.3 Å². The molecule has 4 nitrogen and oxygen atoms in total. The average Bonchev–Trinajstić information content (AvgIpc) is 3.63. The second-order valence-corrected chi connectivity index (χ2v) is 11.8. The second kappa shape index (κ2) is 9.62. The topological polar surface area (TPSA) is 35.6 Å². The minimum absolute atomic E-state index is 0.666. The molecule has 46 heavy (non-hydrogen) atoms. The molecule has 3 heterocycles. The van der Waals surface area contributed by atoms with E-state index in [2.05, 4.69) is 161 Å². The summed E-state index contributed by atoms with van der Waals surface area (Å²) in [7, 11) is 0. The SMILES string of the molecule is c1ccc(-c2nc(-n3c4cc5c6ccccc6n(-c6ccccc6)c5cc4c4c5ccccc5ccc43)nc3ccccc23)cc1. The Morgan fingerprint density at radius 2 is 1.04 bits per heavy atom. The number of aromatic nitrogens is 4. The van der Waals surface area contributed by atoms with Crippen LogP contribution in [-0.2, 0) is 0 Å². The Hall–Kier alpha value is -6.26. The van der Waals surface area contributed by atoms with E-state index in [4.69, 9.17) is 9.97 Å². The number of para-hydroxylation sites is 3. The quantitative estimate of drug-likeness (QED) is 0.206. The van der Waals surface area contributed by atoms with Gasteiger partial charge < -0.3 is 4.57 Å². The molecule has 0 aliphatic heterocycles. The van der Waals surface area contributed by atoms with Crippen LogP contribution < -0.4 is 0 Å². The zero-order valence-corrected chi connectivity index (χ0v) is 24.8. The Kier molecular flexibility index (Phi) is 5.25. The lowest BCUT2D eigenvalue weighted by atomic mass is 10.0. The van der Waals surface area contributed by atoms with Gasteiger partial charge in [0.2, 0.25) is 5.95 Å². The largest absolute Gasteiger partial charge is 0.309 e. The van der Waals surface area contributed by atoms with Crippen molar-refractivity contribution in [2.24, 2.45) is 0 Å². The summed E-state index contributed by atoms with van der Waals surface area (Å²) in [5, 5.41) is 8.27. The summed E-state index contributed by atoms with van der Waals surface area (Å²) in [6, 6.07) is 55.9. The van der Waals surface area contributed by atoms with Gasteiger partial charge >= 0.3 is 0 Å². The van der Waals surface area contributed by atoms with E-state index in [1.807, 2.05) is 6.07 Å². The van der Waals surface area contributed by atoms with Gasteiger partial charge in [-0.05, 0) is 53.2 Å². The van der Waals surface area contributed by atoms with Crippen LogP contribution in [0.3, 0.4) is 0 Å². The summed E-state index contributed by atoms with van der Waals surface area (Å²) < 4.78 is 4.66. The van der Waals surface area contributed by atoms with Crippen LogP contribution in [0.15, 0.2) is 158 Å². The Morgan fingerprint density at radius 1 is 0.391 bits per heavy atom. The Balaban J connectivity index is 1.40. The summed E-state index contributed by atoms with van der Waals surface area (Å²) in [6.07, 6.45) is 0. The first-order chi connectivity index (χ1) is 22.8. The number of benzene rings is 7. The average molecular weight is 587 g/mol. The first-order valence-corrected chi connectivity index (χ1v) is 15.6. The third-order valence-electron chi connectivity index (χ3n) is 9.30. The fourth-order valence-electron chi connectivity index (χ4n) is 7.30. The van der Waals surface area contributed by atoms with Crippen molar-refractivity contribution in [3.8, 4) is 22.9 Å². The van der Waals surface area contributed by atoms with Gasteiger partial charge in [-0.15, -0.1) is 0 Å². The molecule has 0 aliphatic rings. The standard InChI is InChI=1S/C42H26N4/c1-3-14-28(15-4-1)41-32-20-9-11-21-35(32)43-42(44-41)46-37-24-23-27-13-7-8-18-30(27)40(37)34-26-38-33(25-39(34)46)31-19-10-12-22-36(31)45(38)29-16-5-2-6-17-29/h1-26H. The van der Waals surface area contributed by atoms with Gasteiger partial charge in [0.25, 0.3) is 0 Å². The Labute approximate surface area is 264 Å². The smallest absolute Gasteiger partial charge is 0.235 e. The maximum Gasteiger partial charge on any atom is 0.235 e. The predicted octanol–water partition coefficient (Wildman–Crippen LogP) is 10.6. The van der Waals surface area contributed by atoms with Crippen LogP contribution in [0.25, 0.3) is 88.2 Å². The molecule has 0 unspecified atom stereocenters. The fraction of sp³-hybridized carbons (Fsp3) is 0. The molecule has 0 aliphatic carbocycles. The highest BCUT2D eigenvalue weighted by molar-refractivity contribution is 6.25. The summed E-state index contributed by atoms with van der Waals surface area (Å²) >= 11 is 0. The molecule has 0 radical (unpaired) electrons. The van der Waals surface area contributed by atoms with Crippen molar-refractivity contribution < 1.29 is 0 Å². The minimum Gasteiger partial charge on any atom is -0.309 e. The van der Waals surface area contributed by atoms with E-state index >= 15 is 0 Å². The van der Waals surface area contributed by atoms with E-state index in [1.165, 1.54) is 43.4 Å². The lowest BCUT2D eigenvalue weighted by molar-refractivity contribution is 1.01. The molecule has 214 valence electrons. The number of nitrogens with zero attached hydrogens (tertiary/aromatic N) is 4. The minimum atomic E-state index is 0.666. The van der Waals surface area contributed by atoms with E-state index in [9.17, 15) is 0 Å². The fourth-order valence-corrected chi connectivity index (χ4v) is 7.30. The Bertz CT molecular complexity index is 2790. The molecular formula is C42H26N4. The zero-order chi connectivity index (χ0) is 30.2. The molecule has 0 bridgehead atoms. The van der Waals surface area contributed by atoms with Crippen molar-refractivity contribution in [1.29, 1.82) is 0 Å². The van der Waals surface area contributed by atoms with Crippen molar-refractivity contribution in [3.05, 3.63) is 158 Å². The summed E-state index contributed by atoms with van der Waals surface area (Å²) in [5.41, 5.74) is 8.61. The van der Waals surface area contributed by atoms with Gasteiger partial charge in [-0.2, -0.15) is 0 Å². The van der Waals surface area contributed by atoms with Crippen LogP contribution in [0.2, 0.25) is 0 Å². The molecule has 0 atom stereocenters. The van der Waals surface area contributed by atoms with Gasteiger partial charge in [0.05, 0.1) is 33.3 Å². The third-order valence-corrected chi connectivity index (χ3v) is 9.30. The highest BCUT2D eigenvalue weighted by Gasteiger charge is 2.21. The molecule has 3 aromatic heterocycles. The normalized spacial score (nSPS) is 11.9. The highest BCUT2D eigenvalue weighted by atomic mass is 15.2. The van der Waals surface area contributed by atoms with E-state index in [-0.39, 0.29) is 0 Å². The second-order valence-electron chi connectivity index (χ2n) is 11.8. The molecule has 0 saturated heterocycles. The lowest BCUT2D eigenvalue weighted by Crippen LogP contribution is -2.03. The molecule has 10 rings (SSSR count). The van der Waals surface area contributed by atoms with Crippen LogP contribution in [0.4, 0.5) is 0 Å². The molecule has 4 heteroatoms. The van der Waals surface area contributed by atoms with E-state index in [0.29, 0.717) is 5.95 Å². The molecule has 7 aromatic carbocycles. The highest BCUT2D eigenvalue weighted by Crippen LogP contribution is 2.42. The lowest BCUT2D eigenvalue weighted by Gasteiger charge is -2.12. The first kappa shape index (κ1) is 25.1. The van der Waals surface area contributed by atoms with Crippen LogP contribution >= 0.6 is 0 Å². The van der Waals surface area contributed by atoms with Gasteiger partial charge in [0.1, 0.15) is 0 Å². The molecule has 0 fully saturated rings. The molecule has 0 N–H and O–H groups in total. The molecule has 0 spiro atoms. The predicted molar refractivity (Wildman–Crippen MR) is 191 cm³/mol. The summed E-state index contributed by atoms with van der Waals surface area (Å²) in [4.78, 5) is 10.6. The molecule has 0 amide bonds. The molecule has 10 aromatic rings. The van der Waals surface area contributed by atoms with Crippen LogP contribution in [0.1, 0.15) is 0 Å². The van der Waals surface area contributed by atoms with Gasteiger partial charge in [-0.1, -0.05) is 115 Å². The Morgan fingerprint density at radius 3 is 1.89 bits per heavy atom. The van der Waals surface area contributed by atoms with Crippen molar-refractivity contribution in [3.63, 3.8) is 0 Å². The van der Waals surface area contributed by atoms with Gasteiger partial charge in [0, 0.05) is 38.2 Å². The van der Waals surface area contributed by atoms with Crippen molar-refractivity contribution in [2.75, 3.05) is 0 Å². The zero-order valence-electron chi connectivity index (χ0n) is 24.8. The van der Waals surface area contributed by atoms with Gasteiger partial charge in [-0.3, -0.25) is 4.57 Å². The molecular weight excluding hydrogens is 560 g/mol. The summed E-state index contributed by atoms with van der Waals surface area (Å²) in [5.74, 6) is 0.666. The van der Waals surface area contributed by atoms with Crippen LogP contribution in [0, 0.1) is 0 Å².